The van der Waals surface area contributed by atoms with Gasteiger partial charge in [0.2, 0.25) is 0 Å². The molecule has 0 aliphatic carbocycles. The van der Waals surface area contributed by atoms with Crippen molar-refractivity contribution in [3.8, 4) is 6.07 Å². The van der Waals surface area contributed by atoms with E-state index in [9.17, 15) is 10.1 Å². The molecule has 0 aliphatic rings. The van der Waals surface area contributed by atoms with Crippen molar-refractivity contribution in [3.05, 3.63) is 10.2 Å². The summed E-state index contributed by atoms with van der Waals surface area (Å²) in [4.78, 5) is 14.2. The van der Waals surface area contributed by atoms with E-state index in [1.54, 1.807) is 4.68 Å². The van der Waals surface area contributed by atoms with E-state index in [1.165, 1.54) is 4.90 Å². The molecule has 0 fully saturated rings. The molecule has 0 saturated heterocycles. The van der Waals surface area contributed by atoms with Gasteiger partial charge in [-0.25, -0.2) is 9.48 Å². The van der Waals surface area contributed by atoms with Crippen LogP contribution in [0.3, 0.4) is 0 Å². The SMILES string of the molecule is CCn1nc(C#N)c(Br)c1N(C(=O)OC(C)(C)C)C(C)(C)C. The zero-order chi connectivity index (χ0) is 17.3. The smallest absolute Gasteiger partial charge is 0.416 e. The van der Waals surface area contributed by atoms with Crippen LogP contribution in [0.2, 0.25) is 0 Å². The van der Waals surface area contributed by atoms with Gasteiger partial charge in [0.25, 0.3) is 0 Å². The molecule has 0 radical (unpaired) electrons. The lowest BCUT2D eigenvalue weighted by Crippen LogP contribution is -2.49. The molecule has 0 saturated carbocycles. The molecule has 1 aromatic rings. The second-order valence-corrected chi connectivity index (χ2v) is 7.69. The Labute approximate surface area is 140 Å². The summed E-state index contributed by atoms with van der Waals surface area (Å²) in [6.07, 6.45) is -0.472. The summed E-state index contributed by atoms with van der Waals surface area (Å²) in [6.45, 7) is 13.6. The summed E-state index contributed by atoms with van der Waals surface area (Å²) in [5.74, 6) is 0.529. The molecule has 1 amide bonds. The molecule has 0 atom stereocenters. The van der Waals surface area contributed by atoms with E-state index in [0.29, 0.717) is 16.8 Å². The number of hydrogen-bond acceptors (Lipinski definition) is 4. The Morgan fingerprint density at radius 3 is 2.27 bits per heavy atom. The highest BCUT2D eigenvalue weighted by molar-refractivity contribution is 9.10. The van der Waals surface area contributed by atoms with Crippen LogP contribution in [0.4, 0.5) is 10.6 Å². The minimum Gasteiger partial charge on any atom is -0.443 e. The molecule has 0 bridgehead atoms. The number of nitriles is 1. The Hall–Kier alpha value is -1.55. The standard InChI is InChI=1S/C15H23BrN4O2/c1-8-19-12(11(16)10(9-17)18-19)20(14(2,3)4)13(21)22-15(5,6)7/h8H2,1-7H3. The third-order valence-corrected chi connectivity index (χ3v) is 3.46. The van der Waals surface area contributed by atoms with Crippen molar-refractivity contribution < 1.29 is 9.53 Å². The van der Waals surface area contributed by atoms with E-state index >= 15 is 0 Å². The summed E-state index contributed by atoms with van der Waals surface area (Å²) in [5, 5.41) is 13.4. The molecule has 0 spiro atoms. The van der Waals surface area contributed by atoms with Crippen LogP contribution in [0.1, 0.15) is 54.2 Å². The van der Waals surface area contributed by atoms with Gasteiger partial charge in [0.05, 0.1) is 4.47 Å². The van der Waals surface area contributed by atoms with E-state index < -0.39 is 17.2 Å². The predicted octanol–water partition coefficient (Wildman–Crippen LogP) is 4.08. The van der Waals surface area contributed by atoms with Gasteiger partial charge in [-0.15, -0.1) is 0 Å². The summed E-state index contributed by atoms with van der Waals surface area (Å²) in [6, 6.07) is 2.03. The van der Waals surface area contributed by atoms with Crippen LogP contribution in [0.5, 0.6) is 0 Å². The number of carbonyl (C=O) groups is 1. The van der Waals surface area contributed by atoms with Crippen molar-refractivity contribution >= 4 is 27.8 Å². The number of nitrogens with zero attached hydrogens (tertiary/aromatic N) is 4. The first-order chi connectivity index (χ1) is 9.92. The molecule has 22 heavy (non-hydrogen) atoms. The van der Waals surface area contributed by atoms with Crippen molar-refractivity contribution in [2.75, 3.05) is 4.90 Å². The normalized spacial score (nSPS) is 12.0. The molecule has 1 rings (SSSR count). The molecule has 1 heterocycles. The zero-order valence-electron chi connectivity index (χ0n) is 14.2. The molecule has 122 valence electrons. The maximum absolute atomic E-state index is 12.7. The average Bonchev–Trinajstić information content (AvgIpc) is 2.63. The monoisotopic (exact) mass is 370 g/mol. The Morgan fingerprint density at radius 2 is 1.91 bits per heavy atom. The van der Waals surface area contributed by atoms with Crippen LogP contribution in [-0.2, 0) is 11.3 Å². The number of carbonyl (C=O) groups excluding carboxylic acids is 1. The quantitative estimate of drug-likeness (QED) is 0.786. The number of amides is 1. The van der Waals surface area contributed by atoms with Gasteiger partial charge in [0.15, 0.2) is 11.5 Å². The molecular weight excluding hydrogens is 348 g/mol. The van der Waals surface area contributed by atoms with Crippen molar-refractivity contribution in [2.45, 2.75) is 66.2 Å². The highest BCUT2D eigenvalue weighted by Gasteiger charge is 2.36. The first-order valence-corrected chi connectivity index (χ1v) is 7.91. The van der Waals surface area contributed by atoms with Gasteiger partial charge in [0.1, 0.15) is 11.7 Å². The Kier molecular flexibility index (Phi) is 5.29. The topological polar surface area (TPSA) is 71.2 Å². The second-order valence-electron chi connectivity index (χ2n) is 6.90. The van der Waals surface area contributed by atoms with Gasteiger partial charge in [-0.05, 0) is 64.4 Å². The van der Waals surface area contributed by atoms with Crippen LogP contribution in [-0.4, -0.2) is 27.0 Å². The number of aromatic nitrogens is 2. The van der Waals surface area contributed by atoms with Gasteiger partial charge in [-0.1, -0.05) is 0 Å². The van der Waals surface area contributed by atoms with Crippen molar-refractivity contribution in [2.24, 2.45) is 0 Å². The maximum Gasteiger partial charge on any atom is 0.416 e. The molecule has 0 unspecified atom stereocenters. The Balaban J connectivity index is 3.46. The molecule has 0 N–H and O–H groups in total. The molecular formula is C15H23BrN4O2. The summed E-state index contributed by atoms with van der Waals surface area (Å²) < 4.78 is 7.64. The molecule has 1 aromatic heterocycles. The summed E-state index contributed by atoms with van der Waals surface area (Å²) in [5.41, 5.74) is -0.901. The number of aryl methyl sites for hydroxylation is 1. The third kappa shape index (κ3) is 4.01. The lowest BCUT2D eigenvalue weighted by atomic mass is 10.1. The van der Waals surface area contributed by atoms with E-state index in [-0.39, 0.29) is 5.69 Å². The van der Waals surface area contributed by atoms with Crippen LogP contribution in [0.25, 0.3) is 0 Å². The van der Waals surface area contributed by atoms with Gasteiger partial charge in [-0.3, -0.25) is 4.90 Å². The fraction of sp³-hybridized carbons (Fsp3) is 0.667. The van der Waals surface area contributed by atoms with Crippen molar-refractivity contribution in [3.63, 3.8) is 0 Å². The maximum atomic E-state index is 12.7. The average molecular weight is 371 g/mol. The van der Waals surface area contributed by atoms with Crippen LogP contribution in [0.15, 0.2) is 4.47 Å². The summed E-state index contributed by atoms with van der Waals surface area (Å²) in [7, 11) is 0. The first kappa shape index (κ1) is 18.5. The number of rotatable bonds is 2. The Morgan fingerprint density at radius 1 is 1.36 bits per heavy atom. The van der Waals surface area contributed by atoms with Crippen LogP contribution >= 0.6 is 15.9 Å². The minimum atomic E-state index is -0.609. The van der Waals surface area contributed by atoms with E-state index in [4.69, 9.17) is 4.74 Å². The van der Waals surface area contributed by atoms with E-state index in [1.807, 2.05) is 54.5 Å². The molecule has 0 aliphatic heterocycles. The predicted molar refractivity (Wildman–Crippen MR) is 88.8 cm³/mol. The van der Waals surface area contributed by atoms with Gasteiger partial charge < -0.3 is 4.74 Å². The fourth-order valence-electron chi connectivity index (χ4n) is 1.92. The van der Waals surface area contributed by atoms with E-state index in [0.717, 1.165) is 0 Å². The second kappa shape index (κ2) is 6.29. The highest BCUT2D eigenvalue weighted by Crippen LogP contribution is 2.35. The number of ether oxygens (including phenoxy) is 1. The largest absolute Gasteiger partial charge is 0.443 e. The number of halogens is 1. The minimum absolute atomic E-state index is 0.245. The lowest BCUT2D eigenvalue weighted by Gasteiger charge is -2.36. The van der Waals surface area contributed by atoms with Crippen molar-refractivity contribution in [1.29, 1.82) is 5.26 Å². The zero-order valence-corrected chi connectivity index (χ0v) is 15.8. The van der Waals surface area contributed by atoms with Crippen LogP contribution in [0, 0.1) is 11.3 Å². The van der Waals surface area contributed by atoms with Crippen LogP contribution < -0.4 is 4.90 Å². The number of hydrogen-bond donors (Lipinski definition) is 0. The molecule has 6 nitrogen and oxygen atoms in total. The first-order valence-electron chi connectivity index (χ1n) is 7.12. The Bertz CT molecular complexity index is 603. The molecule has 0 aromatic carbocycles. The van der Waals surface area contributed by atoms with Crippen molar-refractivity contribution in [1.82, 2.24) is 9.78 Å². The molecule has 7 heteroatoms. The van der Waals surface area contributed by atoms with Gasteiger partial charge in [0, 0.05) is 12.1 Å². The fourth-order valence-corrected chi connectivity index (χ4v) is 2.47. The summed E-state index contributed by atoms with van der Waals surface area (Å²) >= 11 is 3.39. The van der Waals surface area contributed by atoms with Gasteiger partial charge >= 0.3 is 6.09 Å². The lowest BCUT2D eigenvalue weighted by molar-refractivity contribution is 0.0546. The van der Waals surface area contributed by atoms with Gasteiger partial charge in [-0.2, -0.15) is 10.4 Å². The highest BCUT2D eigenvalue weighted by atomic mass is 79.9. The third-order valence-electron chi connectivity index (χ3n) is 2.73. The number of anilines is 1. The van der Waals surface area contributed by atoms with E-state index in [2.05, 4.69) is 21.0 Å².